The van der Waals surface area contributed by atoms with Gasteiger partial charge >= 0.3 is 0 Å². The lowest BCUT2D eigenvalue weighted by Gasteiger charge is -2.25. The summed E-state index contributed by atoms with van der Waals surface area (Å²) in [5.41, 5.74) is 0.724. The van der Waals surface area contributed by atoms with E-state index in [0.717, 1.165) is 0 Å². The van der Waals surface area contributed by atoms with Gasteiger partial charge in [-0.2, -0.15) is 0 Å². The number of rotatable bonds is 16. The topological polar surface area (TPSA) is 182 Å². The molecule has 0 spiro atoms. The number of hydrogen-bond acceptors (Lipinski definition) is 11. The minimum Gasteiger partial charge on any atom is -0.744 e. The van der Waals surface area contributed by atoms with Crippen LogP contribution in [0.5, 0.6) is 0 Å². The van der Waals surface area contributed by atoms with Crippen molar-refractivity contribution in [1.29, 1.82) is 0 Å². The zero-order chi connectivity index (χ0) is 39.1. The zero-order valence-corrected chi connectivity index (χ0v) is 32.6. The van der Waals surface area contributed by atoms with Crippen LogP contribution in [0.15, 0.2) is 168 Å². The van der Waals surface area contributed by atoms with E-state index in [4.69, 9.17) is 4.74 Å². The summed E-state index contributed by atoms with van der Waals surface area (Å²) in [6.07, 6.45) is 0. The van der Waals surface area contributed by atoms with Gasteiger partial charge in [0.15, 0.2) is 14.3 Å². The van der Waals surface area contributed by atoms with Gasteiger partial charge in [0.1, 0.15) is 20.2 Å². The van der Waals surface area contributed by atoms with Crippen molar-refractivity contribution in [2.75, 3.05) is 36.9 Å². The van der Waals surface area contributed by atoms with E-state index in [0.29, 0.717) is 32.6 Å². The summed E-state index contributed by atoms with van der Waals surface area (Å²) in [4.78, 5) is -1.02. The summed E-state index contributed by atoms with van der Waals surface area (Å²) in [7, 11) is -17.1. The highest BCUT2D eigenvalue weighted by atomic mass is 32.2. The van der Waals surface area contributed by atoms with Crippen molar-refractivity contribution < 1.29 is 39.8 Å². The first-order chi connectivity index (χ1) is 26.3. The third kappa shape index (κ3) is 8.85. The molecular formula is C40H36N2O9P2S2-2. The molecule has 0 saturated heterocycles. The summed E-state index contributed by atoms with van der Waals surface area (Å²) in [6, 6.07) is 42.1. The number of ether oxygens (including phenoxy) is 1. The minimum atomic E-state index is -4.87. The lowest BCUT2D eigenvalue weighted by Crippen LogP contribution is -2.29. The second-order valence-electron chi connectivity index (χ2n) is 12.3. The molecule has 11 nitrogen and oxygen atoms in total. The van der Waals surface area contributed by atoms with Crippen LogP contribution in [0.1, 0.15) is 0 Å². The van der Waals surface area contributed by atoms with E-state index in [2.05, 4.69) is 10.6 Å². The molecule has 0 heterocycles. The highest BCUT2D eigenvalue weighted by Crippen LogP contribution is 2.46. The molecule has 0 aliphatic rings. The monoisotopic (exact) mass is 814 g/mol. The van der Waals surface area contributed by atoms with Gasteiger partial charge in [0, 0.05) is 56.3 Å². The summed E-state index contributed by atoms with van der Waals surface area (Å²) < 4.78 is 109. The largest absolute Gasteiger partial charge is 0.744 e. The van der Waals surface area contributed by atoms with Gasteiger partial charge in [0.25, 0.3) is 0 Å². The van der Waals surface area contributed by atoms with Crippen molar-refractivity contribution >= 4 is 77.7 Å². The molecule has 0 aliphatic heterocycles. The summed E-state index contributed by atoms with van der Waals surface area (Å²) >= 11 is 0. The Morgan fingerprint density at radius 1 is 0.455 bits per heavy atom. The molecule has 0 radical (unpaired) electrons. The van der Waals surface area contributed by atoms with Crippen molar-refractivity contribution in [3.63, 3.8) is 0 Å². The Kier molecular flexibility index (Phi) is 12.2. The van der Waals surface area contributed by atoms with Gasteiger partial charge in [-0.25, -0.2) is 16.8 Å². The summed E-state index contributed by atoms with van der Waals surface area (Å²) in [6.45, 7) is 0.712. The fourth-order valence-electron chi connectivity index (χ4n) is 6.18. The van der Waals surface area contributed by atoms with Crippen LogP contribution >= 0.6 is 14.3 Å². The van der Waals surface area contributed by atoms with Gasteiger partial charge in [0.2, 0.25) is 0 Å². The average Bonchev–Trinajstić information content (AvgIpc) is 3.20. The van der Waals surface area contributed by atoms with Crippen LogP contribution in [-0.4, -0.2) is 52.2 Å². The first-order valence-corrected chi connectivity index (χ1v) is 23.2. The lowest BCUT2D eigenvalue weighted by atomic mass is 10.3. The quantitative estimate of drug-likeness (QED) is 0.0807. The van der Waals surface area contributed by atoms with Crippen LogP contribution in [0, 0.1) is 0 Å². The Morgan fingerprint density at radius 2 is 0.745 bits per heavy atom. The Morgan fingerprint density at radius 3 is 1.02 bits per heavy atom. The van der Waals surface area contributed by atoms with Gasteiger partial charge in [-0.15, -0.1) is 0 Å². The van der Waals surface area contributed by atoms with Crippen molar-refractivity contribution in [2.45, 2.75) is 9.79 Å². The third-order valence-corrected chi connectivity index (χ3v) is 16.7. The number of hydrogen-bond donors (Lipinski definition) is 2. The van der Waals surface area contributed by atoms with Crippen LogP contribution in [0.4, 0.5) is 11.4 Å². The first-order valence-electron chi connectivity index (χ1n) is 17.0. The normalized spacial score (nSPS) is 12.3. The Bertz CT molecular complexity index is 2310. The Labute approximate surface area is 320 Å². The smallest absolute Gasteiger partial charge is 0.173 e. The van der Waals surface area contributed by atoms with E-state index in [-0.39, 0.29) is 36.9 Å². The molecule has 0 saturated carbocycles. The van der Waals surface area contributed by atoms with E-state index in [1.165, 1.54) is 36.4 Å². The van der Waals surface area contributed by atoms with Crippen LogP contribution in [0.3, 0.4) is 0 Å². The average molecular weight is 815 g/mol. The predicted molar refractivity (Wildman–Crippen MR) is 215 cm³/mol. The molecule has 284 valence electrons. The lowest BCUT2D eigenvalue weighted by molar-refractivity contribution is 0.154. The SMILES string of the molecule is O=P(c1ccccc1)(c1ccccc1)c1cc(S(=O)(=O)[O-])ccc1NCCOCCNc1ccc(S(=O)(=O)[O-])cc1P(=O)(c1ccccc1)c1ccccc1. The fraction of sp³-hybridized carbons (Fsp3) is 0.100. The molecule has 6 rings (SSSR count). The highest BCUT2D eigenvalue weighted by molar-refractivity contribution is 7.87. The molecule has 6 aromatic rings. The molecule has 0 fully saturated rings. The van der Waals surface area contributed by atoms with Gasteiger partial charge < -0.3 is 33.6 Å². The van der Waals surface area contributed by atoms with Crippen LogP contribution in [-0.2, 0) is 34.1 Å². The van der Waals surface area contributed by atoms with Crippen molar-refractivity contribution in [2.24, 2.45) is 0 Å². The minimum absolute atomic E-state index is 0.149. The molecule has 0 aliphatic carbocycles. The number of benzene rings is 6. The zero-order valence-electron chi connectivity index (χ0n) is 29.2. The summed E-state index contributed by atoms with van der Waals surface area (Å²) in [5, 5.41) is 8.51. The number of nitrogens with one attached hydrogen (secondary N) is 2. The number of anilines is 2. The molecule has 0 unspecified atom stereocenters. The Hall–Kier alpha value is -4.84. The van der Waals surface area contributed by atoms with Crippen molar-refractivity contribution in [3.05, 3.63) is 158 Å². The van der Waals surface area contributed by atoms with Gasteiger partial charge in [-0.05, 0) is 36.4 Å². The molecule has 55 heavy (non-hydrogen) atoms. The van der Waals surface area contributed by atoms with Gasteiger partial charge in [0.05, 0.1) is 23.0 Å². The molecular weight excluding hydrogens is 779 g/mol. The molecule has 6 aromatic carbocycles. The van der Waals surface area contributed by atoms with E-state index in [9.17, 15) is 25.9 Å². The maximum atomic E-state index is 15.1. The molecule has 0 bridgehead atoms. The first kappa shape index (κ1) is 39.8. The Balaban J connectivity index is 1.21. The molecule has 0 aromatic heterocycles. The molecule has 15 heteroatoms. The van der Waals surface area contributed by atoms with Gasteiger partial charge in [-0.3, -0.25) is 0 Å². The maximum absolute atomic E-state index is 15.1. The maximum Gasteiger partial charge on any atom is 0.173 e. The van der Waals surface area contributed by atoms with Crippen molar-refractivity contribution in [1.82, 2.24) is 0 Å². The second kappa shape index (κ2) is 16.9. The molecule has 0 amide bonds. The van der Waals surface area contributed by atoms with E-state index in [1.54, 1.807) is 121 Å². The van der Waals surface area contributed by atoms with E-state index in [1.807, 2.05) is 0 Å². The van der Waals surface area contributed by atoms with E-state index >= 15 is 9.13 Å². The standard InChI is InChI=1S/C40H38N2O9P2S2/c43-52(31-13-5-1-6-14-31,32-15-7-2-8-16-32)39-29-35(54(45,46)47)21-23-37(39)41-25-27-51-28-26-42-38-24-22-36(55(48,49)50)30-40(38)53(44,33-17-9-3-10-18-33)34-19-11-4-12-20-34/h1-24,29-30,41-42H,25-28H2,(H,45,46,47)(H,48,49,50)/p-2. The highest BCUT2D eigenvalue weighted by Gasteiger charge is 2.34. The molecule has 0 atom stereocenters. The second-order valence-corrected chi connectivity index (χ2v) is 20.5. The van der Waals surface area contributed by atoms with Crippen LogP contribution < -0.4 is 42.5 Å². The summed E-state index contributed by atoms with van der Waals surface area (Å²) in [5.74, 6) is 0. The fourth-order valence-corrected chi connectivity index (χ4v) is 13.1. The van der Waals surface area contributed by atoms with Crippen molar-refractivity contribution in [3.8, 4) is 0 Å². The third-order valence-electron chi connectivity index (χ3n) is 8.80. The van der Waals surface area contributed by atoms with Gasteiger partial charge in [-0.1, -0.05) is 121 Å². The molecule has 2 N–H and O–H groups in total. The van der Waals surface area contributed by atoms with Crippen LogP contribution in [0.2, 0.25) is 0 Å². The van der Waals surface area contributed by atoms with Crippen LogP contribution in [0.25, 0.3) is 0 Å². The van der Waals surface area contributed by atoms with E-state index < -0.39 is 44.3 Å². The predicted octanol–water partition coefficient (Wildman–Crippen LogP) is 4.31.